The van der Waals surface area contributed by atoms with Crippen molar-refractivity contribution in [3.8, 4) is 0 Å². The minimum absolute atomic E-state index is 0.0283. The molecule has 0 N–H and O–H groups in total. The third-order valence-electron chi connectivity index (χ3n) is 8.76. The molecule has 2 nitrogen and oxygen atoms in total. The van der Waals surface area contributed by atoms with Crippen molar-refractivity contribution in [1.29, 1.82) is 0 Å². The van der Waals surface area contributed by atoms with Crippen molar-refractivity contribution in [1.82, 2.24) is 0 Å². The molecule has 0 radical (unpaired) electrons. The van der Waals surface area contributed by atoms with Crippen LogP contribution in [-0.4, -0.2) is 17.5 Å². The van der Waals surface area contributed by atoms with Gasteiger partial charge in [-0.25, -0.2) is 0 Å². The van der Waals surface area contributed by atoms with Gasteiger partial charge in [-0.15, -0.1) is 0 Å². The van der Waals surface area contributed by atoms with E-state index in [2.05, 4.69) is 13.8 Å². The summed E-state index contributed by atoms with van der Waals surface area (Å²) in [7, 11) is 0. The maximum absolute atomic E-state index is 12.4. The van der Waals surface area contributed by atoms with Crippen LogP contribution in [0.4, 0.5) is 0 Å². The molecule has 4 aliphatic carbocycles. The minimum atomic E-state index is 0.0283. The Balaban J connectivity index is 1.53. The molecule has 5 rings (SSSR count). The fourth-order valence-corrected chi connectivity index (χ4v) is 7.52. The molecule has 4 saturated carbocycles. The topological polar surface area (TPSA) is 29.6 Å². The first kappa shape index (κ1) is 13.1. The summed E-state index contributed by atoms with van der Waals surface area (Å²) in [6.07, 6.45) is 11.6. The maximum Gasteiger partial charge on any atom is 0.139 e. The number of fused-ring (bicyclic) bond motifs is 4. The van der Waals surface area contributed by atoms with Crippen LogP contribution in [0.2, 0.25) is 0 Å². The summed E-state index contributed by atoms with van der Waals surface area (Å²) in [5, 5.41) is 0. The fraction of sp³-hybridized carbons (Fsp3) is 0.947. The Morgan fingerprint density at radius 1 is 1.00 bits per heavy atom. The van der Waals surface area contributed by atoms with Gasteiger partial charge < -0.3 is 4.74 Å². The highest BCUT2D eigenvalue weighted by molar-refractivity contribution is 5.87. The predicted molar refractivity (Wildman–Crippen MR) is 80.8 cm³/mol. The molecule has 0 unspecified atom stereocenters. The second-order valence-electron chi connectivity index (χ2n) is 9.14. The minimum Gasteiger partial charge on any atom is -0.365 e. The molecule has 7 atom stereocenters. The van der Waals surface area contributed by atoms with Crippen LogP contribution < -0.4 is 0 Å². The van der Waals surface area contributed by atoms with Crippen LogP contribution in [0.3, 0.4) is 0 Å². The fourth-order valence-electron chi connectivity index (χ4n) is 7.52. The zero-order valence-electron chi connectivity index (χ0n) is 13.5. The molecular formula is C19H28O2. The molecule has 1 heterocycles. The number of carbonyl (C=O) groups excluding carboxylic acids is 1. The lowest BCUT2D eigenvalue weighted by molar-refractivity contribution is -0.138. The predicted octanol–water partition coefficient (Wildman–Crippen LogP) is 4.12. The number of epoxide rings is 1. The highest BCUT2D eigenvalue weighted by Crippen LogP contribution is 2.72. The summed E-state index contributed by atoms with van der Waals surface area (Å²) < 4.78 is 6.31. The van der Waals surface area contributed by atoms with Crippen molar-refractivity contribution in [3.63, 3.8) is 0 Å². The molecule has 0 aromatic rings. The Bertz CT molecular complexity index is 514. The van der Waals surface area contributed by atoms with Gasteiger partial charge in [0, 0.05) is 17.3 Å². The maximum atomic E-state index is 12.4. The van der Waals surface area contributed by atoms with Crippen LogP contribution in [0, 0.1) is 28.6 Å². The van der Waals surface area contributed by atoms with E-state index in [0.717, 1.165) is 24.7 Å². The number of hydrogen-bond donors (Lipinski definition) is 0. The first-order chi connectivity index (χ1) is 10.0. The van der Waals surface area contributed by atoms with Gasteiger partial charge in [0.1, 0.15) is 11.4 Å². The first-order valence-corrected chi connectivity index (χ1v) is 9.22. The lowest BCUT2D eigenvalue weighted by Gasteiger charge is -2.58. The monoisotopic (exact) mass is 288 g/mol. The molecule has 0 aromatic carbocycles. The van der Waals surface area contributed by atoms with Crippen molar-refractivity contribution in [2.45, 2.75) is 83.3 Å². The largest absolute Gasteiger partial charge is 0.365 e. The highest BCUT2D eigenvalue weighted by Gasteiger charge is 2.73. The van der Waals surface area contributed by atoms with Gasteiger partial charge in [0.05, 0.1) is 6.10 Å². The van der Waals surface area contributed by atoms with Crippen LogP contribution >= 0.6 is 0 Å². The van der Waals surface area contributed by atoms with E-state index in [1.165, 1.54) is 44.9 Å². The van der Waals surface area contributed by atoms with E-state index < -0.39 is 0 Å². The van der Waals surface area contributed by atoms with Gasteiger partial charge >= 0.3 is 0 Å². The number of hydrogen-bond acceptors (Lipinski definition) is 2. The van der Waals surface area contributed by atoms with Crippen LogP contribution in [0.5, 0.6) is 0 Å². The Hall–Kier alpha value is -0.370. The molecule has 2 heteroatoms. The molecule has 1 aliphatic heterocycles. The summed E-state index contributed by atoms with van der Waals surface area (Å²) in [4.78, 5) is 12.4. The molecule has 1 spiro atoms. The van der Waals surface area contributed by atoms with E-state index in [4.69, 9.17) is 4.74 Å². The van der Waals surface area contributed by atoms with Crippen molar-refractivity contribution < 1.29 is 9.53 Å². The average Bonchev–Trinajstić information content (AvgIpc) is 3.11. The zero-order valence-corrected chi connectivity index (χ0v) is 13.5. The summed E-state index contributed by atoms with van der Waals surface area (Å²) in [6, 6.07) is 0. The Morgan fingerprint density at radius 2 is 1.86 bits per heavy atom. The van der Waals surface area contributed by atoms with Crippen molar-refractivity contribution in [3.05, 3.63) is 0 Å². The lowest BCUT2D eigenvalue weighted by atomic mass is 9.45. The molecule has 21 heavy (non-hydrogen) atoms. The van der Waals surface area contributed by atoms with Gasteiger partial charge in [0.15, 0.2) is 0 Å². The van der Waals surface area contributed by atoms with Crippen molar-refractivity contribution >= 4 is 5.78 Å². The quantitative estimate of drug-likeness (QED) is 0.628. The normalized spacial score (nSPS) is 61.5. The van der Waals surface area contributed by atoms with Gasteiger partial charge in [0.2, 0.25) is 0 Å². The third kappa shape index (κ3) is 1.33. The van der Waals surface area contributed by atoms with Gasteiger partial charge in [-0.3, -0.25) is 4.79 Å². The van der Waals surface area contributed by atoms with Crippen molar-refractivity contribution in [2.24, 2.45) is 28.6 Å². The van der Waals surface area contributed by atoms with E-state index in [-0.39, 0.29) is 11.0 Å². The smallest absolute Gasteiger partial charge is 0.139 e. The summed E-state index contributed by atoms with van der Waals surface area (Å²) >= 11 is 0. The number of ketones is 1. The Kier molecular flexibility index (Phi) is 2.34. The molecular weight excluding hydrogens is 260 g/mol. The van der Waals surface area contributed by atoms with E-state index in [9.17, 15) is 4.79 Å². The third-order valence-corrected chi connectivity index (χ3v) is 8.76. The Morgan fingerprint density at radius 3 is 2.71 bits per heavy atom. The first-order valence-electron chi connectivity index (χ1n) is 9.22. The van der Waals surface area contributed by atoms with Gasteiger partial charge in [-0.1, -0.05) is 20.3 Å². The standard InChI is InChI=1S/C19H28O2/c1-17-10-8-14-12(13(17)5-6-15(17)20)7-11-19-16(21-19)4-3-9-18(14,19)2/h12-14,16H,3-11H2,1-2H3/t12-,13-,14-,16+,17-,18+,19-/m0/s1. The molecule has 5 aliphatic rings. The SMILES string of the molecule is C[C@]12CC[C@H]3[C@@H](CC[C@]45O[C@@H]4CCC[C@]35C)[C@@H]1CCC2=O. The van der Waals surface area contributed by atoms with E-state index in [0.29, 0.717) is 23.2 Å². The van der Waals surface area contributed by atoms with Crippen LogP contribution in [0.1, 0.15) is 71.6 Å². The number of ether oxygens (including phenoxy) is 1. The van der Waals surface area contributed by atoms with Gasteiger partial charge in [-0.05, 0) is 62.7 Å². The van der Waals surface area contributed by atoms with Gasteiger partial charge in [-0.2, -0.15) is 0 Å². The van der Waals surface area contributed by atoms with Crippen LogP contribution in [0.15, 0.2) is 0 Å². The van der Waals surface area contributed by atoms with Crippen LogP contribution in [0.25, 0.3) is 0 Å². The number of carbonyl (C=O) groups is 1. The van der Waals surface area contributed by atoms with E-state index in [1.54, 1.807) is 0 Å². The Labute approximate surface area is 128 Å². The molecule has 0 bridgehead atoms. The van der Waals surface area contributed by atoms with Gasteiger partial charge in [0.25, 0.3) is 0 Å². The number of Topliss-reactive ketones (excluding diaryl/α,β-unsaturated/α-hetero) is 1. The summed E-state index contributed by atoms with van der Waals surface area (Å²) in [6.45, 7) is 4.83. The second kappa shape index (κ2) is 3.75. The summed E-state index contributed by atoms with van der Waals surface area (Å²) in [5.74, 6) is 2.87. The van der Waals surface area contributed by atoms with Crippen molar-refractivity contribution in [2.75, 3.05) is 0 Å². The van der Waals surface area contributed by atoms with Crippen LogP contribution in [-0.2, 0) is 9.53 Å². The second-order valence-corrected chi connectivity index (χ2v) is 9.14. The zero-order chi connectivity index (χ0) is 14.5. The number of rotatable bonds is 0. The molecule has 0 amide bonds. The van der Waals surface area contributed by atoms with E-state index in [1.807, 2.05) is 0 Å². The average molecular weight is 288 g/mol. The molecule has 0 aromatic heterocycles. The molecule has 1 saturated heterocycles. The molecule has 116 valence electrons. The van der Waals surface area contributed by atoms with E-state index >= 15 is 0 Å². The lowest BCUT2D eigenvalue weighted by Crippen LogP contribution is -2.57. The summed E-state index contributed by atoms with van der Waals surface area (Å²) in [5.41, 5.74) is 0.690. The molecule has 5 fully saturated rings. The highest BCUT2D eigenvalue weighted by atomic mass is 16.6.